The number of halogens is 2. The van der Waals surface area contributed by atoms with Gasteiger partial charge in [-0.2, -0.15) is 0 Å². The maximum absolute atomic E-state index is 12.8. The molecule has 0 aliphatic carbocycles. The van der Waals surface area contributed by atoms with Gasteiger partial charge in [-0.3, -0.25) is 4.79 Å². The van der Waals surface area contributed by atoms with Crippen molar-refractivity contribution in [1.82, 2.24) is 4.90 Å². The summed E-state index contributed by atoms with van der Waals surface area (Å²) in [5.41, 5.74) is 7.67. The predicted octanol–water partition coefficient (Wildman–Crippen LogP) is 3.55. The number of amides is 1. The summed E-state index contributed by atoms with van der Waals surface area (Å²) < 4.78 is 5.29. The maximum atomic E-state index is 12.8. The summed E-state index contributed by atoms with van der Waals surface area (Å²) in [6.45, 7) is 2.68. The summed E-state index contributed by atoms with van der Waals surface area (Å²) in [6, 6.07) is 10.9. The van der Waals surface area contributed by atoms with Crippen molar-refractivity contribution in [3.05, 3.63) is 52.0 Å². The van der Waals surface area contributed by atoms with E-state index in [1.165, 1.54) is 7.11 Å². The van der Waals surface area contributed by atoms with Crippen LogP contribution in [0.5, 0.6) is 5.75 Å². The Morgan fingerprint density at radius 2 is 1.84 bits per heavy atom. The second kappa shape index (κ2) is 7.42. The lowest BCUT2D eigenvalue weighted by Crippen LogP contribution is -2.48. The SMILES string of the molecule is COc1cc(N)c(Cl)cc1C(=O)N1CCN(c2cccc(Cl)c2)CC1. The minimum absolute atomic E-state index is 0.107. The van der Waals surface area contributed by atoms with Gasteiger partial charge in [-0.05, 0) is 24.3 Å². The zero-order valence-corrected chi connectivity index (χ0v) is 15.3. The summed E-state index contributed by atoms with van der Waals surface area (Å²) in [5.74, 6) is 0.327. The fourth-order valence-electron chi connectivity index (χ4n) is 2.92. The first-order chi connectivity index (χ1) is 12.0. The van der Waals surface area contributed by atoms with Crippen molar-refractivity contribution in [1.29, 1.82) is 0 Å². The van der Waals surface area contributed by atoms with Crippen LogP contribution in [0.25, 0.3) is 0 Å². The van der Waals surface area contributed by atoms with Gasteiger partial charge in [-0.25, -0.2) is 0 Å². The number of carbonyl (C=O) groups excluding carboxylic acids is 1. The largest absolute Gasteiger partial charge is 0.496 e. The van der Waals surface area contributed by atoms with Crippen LogP contribution in [0.15, 0.2) is 36.4 Å². The number of rotatable bonds is 3. The van der Waals surface area contributed by atoms with Crippen LogP contribution >= 0.6 is 23.2 Å². The smallest absolute Gasteiger partial charge is 0.257 e. The Bertz CT molecular complexity index is 790. The molecule has 1 aliphatic rings. The molecule has 1 aliphatic heterocycles. The Morgan fingerprint density at radius 3 is 2.48 bits per heavy atom. The van der Waals surface area contributed by atoms with E-state index in [2.05, 4.69) is 4.90 Å². The molecule has 1 saturated heterocycles. The molecule has 2 aromatic carbocycles. The highest BCUT2D eigenvalue weighted by atomic mass is 35.5. The van der Waals surface area contributed by atoms with Crippen molar-refractivity contribution < 1.29 is 9.53 Å². The minimum atomic E-state index is -0.107. The zero-order valence-electron chi connectivity index (χ0n) is 13.8. The number of carbonyl (C=O) groups is 1. The van der Waals surface area contributed by atoms with Crippen molar-refractivity contribution in [3.63, 3.8) is 0 Å². The number of nitrogen functional groups attached to an aromatic ring is 1. The van der Waals surface area contributed by atoms with Gasteiger partial charge in [0.15, 0.2) is 0 Å². The Balaban J connectivity index is 1.73. The molecule has 0 radical (unpaired) electrons. The topological polar surface area (TPSA) is 58.8 Å². The number of nitrogens with two attached hydrogens (primary N) is 1. The predicted molar refractivity (Wildman–Crippen MR) is 102 cm³/mol. The van der Waals surface area contributed by atoms with Crippen molar-refractivity contribution in [2.75, 3.05) is 43.9 Å². The van der Waals surface area contributed by atoms with Gasteiger partial charge in [0.25, 0.3) is 5.91 Å². The average Bonchev–Trinajstić information content (AvgIpc) is 2.63. The van der Waals surface area contributed by atoms with Gasteiger partial charge in [-0.1, -0.05) is 29.3 Å². The second-order valence-corrected chi connectivity index (χ2v) is 6.68. The number of nitrogens with zero attached hydrogens (tertiary/aromatic N) is 2. The lowest BCUT2D eigenvalue weighted by Gasteiger charge is -2.36. The van der Waals surface area contributed by atoms with Crippen LogP contribution in [-0.2, 0) is 0 Å². The van der Waals surface area contributed by atoms with Crippen LogP contribution in [0.4, 0.5) is 11.4 Å². The molecule has 1 amide bonds. The molecule has 5 nitrogen and oxygen atoms in total. The average molecular weight is 380 g/mol. The third-order valence-electron chi connectivity index (χ3n) is 4.29. The van der Waals surface area contributed by atoms with E-state index in [-0.39, 0.29) is 5.91 Å². The van der Waals surface area contributed by atoms with Crippen molar-refractivity contribution in [3.8, 4) is 5.75 Å². The van der Waals surface area contributed by atoms with Crippen LogP contribution < -0.4 is 15.4 Å². The van der Waals surface area contributed by atoms with Crippen LogP contribution in [0.2, 0.25) is 10.0 Å². The molecule has 0 spiro atoms. The first kappa shape index (κ1) is 17.7. The molecular weight excluding hydrogens is 361 g/mol. The van der Waals surface area contributed by atoms with E-state index in [0.717, 1.165) is 18.8 Å². The molecule has 0 unspecified atom stereocenters. The summed E-state index contributed by atoms with van der Waals surface area (Å²) in [6.07, 6.45) is 0. The van der Waals surface area contributed by atoms with E-state index >= 15 is 0 Å². The number of anilines is 2. The number of hydrogen-bond donors (Lipinski definition) is 1. The van der Waals surface area contributed by atoms with Crippen LogP contribution in [0.3, 0.4) is 0 Å². The zero-order chi connectivity index (χ0) is 18.0. The van der Waals surface area contributed by atoms with Crippen LogP contribution in [-0.4, -0.2) is 44.1 Å². The third-order valence-corrected chi connectivity index (χ3v) is 4.85. The Labute approximate surface area is 156 Å². The van der Waals surface area contributed by atoms with E-state index in [1.807, 2.05) is 24.3 Å². The van der Waals surface area contributed by atoms with Gasteiger partial charge in [0.05, 0.1) is 23.4 Å². The van der Waals surface area contributed by atoms with Crippen LogP contribution in [0.1, 0.15) is 10.4 Å². The second-order valence-electron chi connectivity index (χ2n) is 5.83. The summed E-state index contributed by atoms with van der Waals surface area (Å²) in [7, 11) is 1.51. The summed E-state index contributed by atoms with van der Waals surface area (Å²) in [5, 5.41) is 1.05. The van der Waals surface area contributed by atoms with Gasteiger partial charge in [0.1, 0.15) is 5.75 Å². The fraction of sp³-hybridized carbons (Fsp3) is 0.278. The molecule has 1 heterocycles. The standard InChI is InChI=1S/C18H19Cl2N3O2/c1-25-17-11-16(21)15(20)10-14(17)18(24)23-7-5-22(6-8-23)13-4-2-3-12(19)9-13/h2-4,9-11H,5-8,21H2,1H3. The van der Waals surface area contributed by atoms with Gasteiger partial charge in [0, 0.05) is 43.0 Å². The van der Waals surface area contributed by atoms with E-state index < -0.39 is 0 Å². The van der Waals surface area contributed by atoms with Crippen molar-refractivity contribution in [2.45, 2.75) is 0 Å². The van der Waals surface area contributed by atoms with E-state index in [0.29, 0.717) is 40.1 Å². The first-order valence-corrected chi connectivity index (χ1v) is 8.68. The van der Waals surface area contributed by atoms with Crippen molar-refractivity contribution >= 4 is 40.5 Å². The van der Waals surface area contributed by atoms with Gasteiger partial charge >= 0.3 is 0 Å². The van der Waals surface area contributed by atoms with E-state index in [1.54, 1.807) is 17.0 Å². The first-order valence-electron chi connectivity index (χ1n) is 7.92. The Kier molecular flexibility index (Phi) is 5.25. The van der Waals surface area contributed by atoms with Crippen LogP contribution in [0, 0.1) is 0 Å². The molecule has 0 aromatic heterocycles. The summed E-state index contributed by atoms with van der Waals surface area (Å²) >= 11 is 12.1. The fourth-order valence-corrected chi connectivity index (χ4v) is 3.26. The Hall–Kier alpha value is -2.11. The highest BCUT2D eigenvalue weighted by Crippen LogP contribution is 2.30. The number of methoxy groups -OCH3 is 1. The quantitative estimate of drug-likeness (QED) is 0.828. The molecule has 132 valence electrons. The molecule has 25 heavy (non-hydrogen) atoms. The lowest BCUT2D eigenvalue weighted by molar-refractivity contribution is 0.0743. The molecular formula is C18H19Cl2N3O2. The van der Waals surface area contributed by atoms with E-state index in [4.69, 9.17) is 33.7 Å². The monoisotopic (exact) mass is 379 g/mol. The van der Waals surface area contributed by atoms with Gasteiger partial charge < -0.3 is 20.3 Å². The number of ether oxygens (including phenoxy) is 1. The number of piperazine rings is 1. The molecule has 2 N–H and O–H groups in total. The molecule has 1 fully saturated rings. The molecule has 0 atom stereocenters. The highest BCUT2D eigenvalue weighted by Gasteiger charge is 2.25. The minimum Gasteiger partial charge on any atom is -0.496 e. The number of benzene rings is 2. The number of hydrogen-bond acceptors (Lipinski definition) is 4. The summed E-state index contributed by atoms with van der Waals surface area (Å²) in [4.78, 5) is 16.9. The molecule has 2 aromatic rings. The van der Waals surface area contributed by atoms with Crippen molar-refractivity contribution in [2.24, 2.45) is 0 Å². The molecule has 0 bridgehead atoms. The normalized spacial score (nSPS) is 14.5. The molecule has 3 rings (SSSR count). The van der Waals surface area contributed by atoms with E-state index in [9.17, 15) is 4.79 Å². The molecule has 0 saturated carbocycles. The van der Waals surface area contributed by atoms with Gasteiger partial charge in [-0.15, -0.1) is 0 Å². The Morgan fingerprint density at radius 1 is 1.12 bits per heavy atom. The highest BCUT2D eigenvalue weighted by molar-refractivity contribution is 6.33. The third kappa shape index (κ3) is 3.78. The maximum Gasteiger partial charge on any atom is 0.257 e. The molecule has 7 heteroatoms. The van der Waals surface area contributed by atoms with Gasteiger partial charge in [0.2, 0.25) is 0 Å². The lowest BCUT2D eigenvalue weighted by atomic mass is 10.1.